The van der Waals surface area contributed by atoms with Crippen molar-refractivity contribution < 1.29 is 26.4 Å². The highest BCUT2D eigenvalue weighted by Crippen LogP contribution is 2.55. The number of halogens is 4. The number of nitrogens with one attached hydrogen (secondary N) is 1. The van der Waals surface area contributed by atoms with Crippen molar-refractivity contribution in [2.24, 2.45) is 17.3 Å². The summed E-state index contributed by atoms with van der Waals surface area (Å²) >= 11 is 6.25. The summed E-state index contributed by atoms with van der Waals surface area (Å²) in [6.45, 7) is 2.02. The Morgan fingerprint density at radius 2 is 1.74 bits per heavy atom. The second kappa shape index (κ2) is 8.90. The Morgan fingerprint density at radius 1 is 1.15 bits per heavy atom. The maximum atomic E-state index is 13.7. The van der Waals surface area contributed by atoms with Crippen LogP contribution in [0.1, 0.15) is 49.4 Å². The first-order valence-corrected chi connectivity index (χ1v) is 12.7. The summed E-state index contributed by atoms with van der Waals surface area (Å²) in [5, 5.41) is 10.7. The van der Waals surface area contributed by atoms with Gasteiger partial charge in [-0.2, -0.15) is 5.26 Å². The molecule has 0 saturated heterocycles. The molecule has 0 spiro atoms. The molecule has 2 atom stereocenters. The van der Waals surface area contributed by atoms with Gasteiger partial charge in [0.05, 0.1) is 21.2 Å². The SMILES string of the molecule is CC1(CC#N)CC2CCC(C1)C2S(=O)(=O)c1cc(C(=O)Nc2cc(F)c(F)c(F)c2)ccc1Cl. The third-order valence-corrected chi connectivity index (χ3v) is 9.83. The number of hydrogen-bond donors (Lipinski definition) is 1. The minimum Gasteiger partial charge on any atom is -0.322 e. The zero-order valence-electron chi connectivity index (χ0n) is 18.2. The number of sulfone groups is 1. The Kier molecular flexibility index (Phi) is 6.42. The minimum atomic E-state index is -3.91. The van der Waals surface area contributed by atoms with Crippen LogP contribution < -0.4 is 5.32 Å². The predicted molar refractivity (Wildman–Crippen MR) is 120 cm³/mol. The molecule has 1 N–H and O–H groups in total. The Hall–Kier alpha value is -2.57. The van der Waals surface area contributed by atoms with E-state index in [1.54, 1.807) is 0 Å². The van der Waals surface area contributed by atoms with Crippen LogP contribution in [0.15, 0.2) is 35.2 Å². The Morgan fingerprint density at radius 3 is 2.29 bits per heavy atom. The molecule has 34 heavy (non-hydrogen) atoms. The van der Waals surface area contributed by atoms with Crippen molar-refractivity contribution in [3.63, 3.8) is 0 Å². The van der Waals surface area contributed by atoms with Gasteiger partial charge in [-0.3, -0.25) is 4.79 Å². The van der Waals surface area contributed by atoms with E-state index in [1.807, 2.05) is 6.92 Å². The van der Waals surface area contributed by atoms with Crippen LogP contribution in [0, 0.1) is 46.0 Å². The molecule has 2 aliphatic carbocycles. The van der Waals surface area contributed by atoms with E-state index in [0.717, 1.165) is 18.9 Å². The number of carbonyl (C=O) groups is 1. The fraction of sp³-hybridized carbons (Fsp3) is 0.417. The van der Waals surface area contributed by atoms with Crippen molar-refractivity contribution in [1.82, 2.24) is 0 Å². The molecule has 180 valence electrons. The van der Waals surface area contributed by atoms with E-state index in [4.69, 9.17) is 16.9 Å². The van der Waals surface area contributed by atoms with E-state index in [0.29, 0.717) is 31.4 Å². The fourth-order valence-corrected chi connectivity index (χ4v) is 8.45. The first kappa shape index (κ1) is 24.6. The molecule has 0 aliphatic heterocycles. The molecule has 2 aromatic carbocycles. The lowest BCUT2D eigenvalue weighted by molar-refractivity contribution is 0.102. The zero-order chi connectivity index (χ0) is 24.8. The van der Waals surface area contributed by atoms with E-state index < -0.39 is 38.4 Å². The zero-order valence-corrected chi connectivity index (χ0v) is 19.8. The maximum absolute atomic E-state index is 13.7. The quantitative estimate of drug-likeness (QED) is 0.508. The third kappa shape index (κ3) is 4.41. The lowest BCUT2D eigenvalue weighted by atomic mass is 9.68. The third-order valence-electron chi connectivity index (χ3n) is 6.95. The average Bonchev–Trinajstić information content (AvgIpc) is 3.05. The van der Waals surface area contributed by atoms with Gasteiger partial charge in [0.25, 0.3) is 5.91 Å². The number of benzene rings is 2. The molecule has 1 amide bonds. The highest BCUT2D eigenvalue weighted by molar-refractivity contribution is 7.92. The van der Waals surface area contributed by atoms with Gasteiger partial charge in [0.1, 0.15) is 0 Å². The van der Waals surface area contributed by atoms with Crippen LogP contribution >= 0.6 is 11.6 Å². The monoisotopic (exact) mass is 510 g/mol. The number of fused-ring (bicyclic) bond motifs is 2. The van der Waals surface area contributed by atoms with Gasteiger partial charge in [0.2, 0.25) is 0 Å². The summed E-state index contributed by atoms with van der Waals surface area (Å²) in [6.07, 6.45) is 3.11. The van der Waals surface area contributed by atoms with Crippen LogP contribution in [-0.2, 0) is 9.84 Å². The molecule has 4 rings (SSSR count). The van der Waals surface area contributed by atoms with Crippen LogP contribution in [0.4, 0.5) is 18.9 Å². The first-order valence-electron chi connectivity index (χ1n) is 10.8. The number of amides is 1. The lowest BCUT2D eigenvalue weighted by Gasteiger charge is -2.41. The molecular weight excluding hydrogens is 489 g/mol. The van der Waals surface area contributed by atoms with Crippen molar-refractivity contribution >= 4 is 33.0 Å². The molecule has 2 aromatic rings. The van der Waals surface area contributed by atoms with Gasteiger partial charge in [0.15, 0.2) is 27.3 Å². The van der Waals surface area contributed by atoms with Crippen LogP contribution in [0.3, 0.4) is 0 Å². The second-order valence-electron chi connectivity index (χ2n) is 9.51. The van der Waals surface area contributed by atoms with Crippen molar-refractivity contribution in [3.8, 4) is 6.07 Å². The van der Waals surface area contributed by atoms with E-state index in [9.17, 15) is 26.4 Å². The number of rotatable bonds is 5. The lowest BCUT2D eigenvalue weighted by Crippen LogP contribution is -2.41. The van der Waals surface area contributed by atoms with Crippen LogP contribution in [-0.4, -0.2) is 19.6 Å². The minimum absolute atomic E-state index is 0.0276. The van der Waals surface area contributed by atoms with Gasteiger partial charge in [-0.15, -0.1) is 0 Å². The van der Waals surface area contributed by atoms with Crippen molar-refractivity contribution in [2.75, 3.05) is 5.32 Å². The summed E-state index contributed by atoms with van der Waals surface area (Å²) in [5.41, 5.74) is -0.619. The van der Waals surface area contributed by atoms with Crippen molar-refractivity contribution in [2.45, 2.75) is 49.2 Å². The van der Waals surface area contributed by atoms with E-state index in [2.05, 4.69) is 11.4 Å². The van der Waals surface area contributed by atoms with Crippen molar-refractivity contribution in [1.29, 1.82) is 5.26 Å². The van der Waals surface area contributed by atoms with Gasteiger partial charge >= 0.3 is 0 Å². The molecule has 5 nitrogen and oxygen atoms in total. The summed E-state index contributed by atoms with van der Waals surface area (Å²) in [6, 6.07) is 7.21. The Bertz CT molecular complexity index is 1270. The largest absolute Gasteiger partial charge is 0.322 e. The molecule has 2 saturated carbocycles. The summed E-state index contributed by atoms with van der Waals surface area (Å²) in [4.78, 5) is 12.5. The number of carbonyl (C=O) groups excluding carboxylic acids is 1. The Balaban J connectivity index is 1.62. The highest BCUT2D eigenvalue weighted by atomic mass is 35.5. The average molecular weight is 511 g/mol. The number of nitriles is 1. The van der Waals surface area contributed by atoms with Crippen LogP contribution in [0.2, 0.25) is 5.02 Å². The second-order valence-corrected chi connectivity index (χ2v) is 12.0. The molecule has 10 heteroatoms. The molecule has 0 heterocycles. The van der Waals surface area contributed by atoms with E-state index >= 15 is 0 Å². The van der Waals surface area contributed by atoms with Gasteiger partial charge in [-0.05, 0) is 61.1 Å². The topological polar surface area (TPSA) is 87.0 Å². The molecule has 0 aromatic heterocycles. The summed E-state index contributed by atoms with van der Waals surface area (Å²) in [5.74, 6) is -5.64. The molecular formula is C24H22ClF3N2O3S. The van der Waals surface area contributed by atoms with Gasteiger partial charge in [0, 0.05) is 29.8 Å². The van der Waals surface area contributed by atoms with Gasteiger partial charge in [-0.25, -0.2) is 21.6 Å². The van der Waals surface area contributed by atoms with Crippen LogP contribution in [0.5, 0.6) is 0 Å². The summed E-state index contributed by atoms with van der Waals surface area (Å²) in [7, 11) is -3.91. The smallest absolute Gasteiger partial charge is 0.255 e. The van der Waals surface area contributed by atoms with Crippen molar-refractivity contribution in [3.05, 3.63) is 58.4 Å². The molecule has 2 fully saturated rings. The molecule has 2 bridgehead atoms. The normalized spacial score (nSPS) is 26.2. The Labute approximate surface area is 200 Å². The standard InChI is InChI=1S/C24H22ClF3N2O3S/c1-24(6-7-29)11-14-2-3-15(12-24)22(14)34(32,33)20-8-13(4-5-17(20)25)23(31)30-16-9-18(26)21(28)19(27)10-16/h4-5,8-10,14-15,22H,2-3,6,11-12H2,1H3,(H,30,31). The number of nitrogens with zero attached hydrogens (tertiary/aromatic N) is 1. The number of anilines is 1. The van der Waals surface area contributed by atoms with Crippen LogP contribution in [0.25, 0.3) is 0 Å². The predicted octanol–water partition coefficient (Wildman–Crippen LogP) is 5.89. The molecule has 2 aliphatic rings. The highest BCUT2D eigenvalue weighted by Gasteiger charge is 2.53. The maximum Gasteiger partial charge on any atom is 0.255 e. The molecule has 2 unspecified atom stereocenters. The van der Waals surface area contributed by atoms with Gasteiger partial charge < -0.3 is 5.32 Å². The van der Waals surface area contributed by atoms with E-state index in [-0.39, 0.29) is 38.4 Å². The first-order chi connectivity index (χ1) is 15.9. The summed E-state index contributed by atoms with van der Waals surface area (Å²) < 4.78 is 67.5. The van der Waals surface area contributed by atoms with E-state index in [1.165, 1.54) is 12.1 Å². The van der Waals surface area contributed by atoms with Gasteiger partial charge in [-0.1, -0.05) is 18.5 Å². The molecule has 0 radical (unpaired) electrons. The number of hydrogen-bond acceptors (Lipinski definition) is 4. The fourth-order valence-electron chi connectivity index (χ4n) is 5.61.